The number of nitrogens with zero attached hydrogens (tertiary/aromatic N) is 2. The number of rotatable bonds is 9. The van der Waals surface area contributed by atoms with Gasteiger partial charge in [0.2, 0.25) is 15.7 Å². The first-order valence-corrected chi connectivity index (χ1v) is 14.0. The summed E-state index contributed by atoms with van der Waals surface area (Å²) in [6.07, 6.45) is 2.38. The van der Waals surface area contributed by atoms with Gasteiger partial charge in [0.05, 0.1) is 32.0 Å². The molecular formula is C24H27N3O8S2. The molecule has 0 bridgehead atoms. The maximum atomic E-state index is 12.9. The van der Waals surface area contributed by atoms with Crippen LogP contribution in [0.2, 0.25) is 0 Å². The summed E-state index contributed by atoms with van der Waals surface area (Å²) in [7, 11) is -1.37. The van der Waals surface area contributed by atoms with Crippen molar-refractivity contribution in [3.05, 3.63) is 34.2 Å². The average Bonchev–Trinajstić information content (AvgIpc) is 3.48. The summed E-state index contributed by atoms with van der Waals surface area (Å²) in [5.41, 5.74) is 1.48. The topological polar surface area (TPSA) is 147 Å². The molecule has 1 atom stereocenters. The van der Waals surface area contributed by atoms with E-state index in [1.165, 1.54) is 25.6 Å². The van der Waals surface area contributed by atoms with Gasteiger partial charge in [-0.1, -0.05) is 12.0 Å². The number of esters is 1. The highest BCUT2D eigenvalue weighted by Gasteiger charge is 2.31. The number of amides is 1. The number of methoxy groups -OCH3 is 2. The Morgan fingerprint density at radius 3 is 2.70 bits per heavy atom. The number of hydrogen-bond acceptors (Lipinski definition) is 11. The Bertz CT molecular complexity index is 1430. The lowest BCUT2D eigenvalue weighted by Gasteiger charge is -2.18. The fourth-order valence-corrected chi connectivity index (χ4v) is 6.41. The third-order valence-corrected chi connectivity index (χ3v) is 8.38. The molecular weight excluding hydrogens is 522 g/mol. The van der Waals surface area contributed by atoms with Crippen LogP contribution in [0.25, 0.3) is 11.5 Å². The maximum Gasteiger partial charge on any atom is 0.341 e. The number of sulfone groups is 1. The number of fused-ring (bicyclic) bond motifs is 1. The van der Waals surface area contributed by atoms with Gasteiger partial charge in [0.1, 0.15) is 22.3 Å². The predicted molar refractivity (Wildman–Crippen MR) is 135 cm³/mol. The van der Waals surface area contributed by atoms with Crippen molar-refractivity contribution < 1.29 is 36.6 Å². The lowest BCUT2D eigenvalue weighted by molar-refractivity contribution is -0.113. The molecule has 1 unspecified atom stereocenters. The molecule has 3 aromatic rings. The molecule has 11 nitrogen and oxygen atoms in total. The molecule has 0 fully saturated rings. The molecule has 4 rings (SSSR count). The average molecular weight is 550 g/mol. The van der Waals surface area contributed by atoms with Crippen LogP contribution >= 0.6 is 11.3 Å². The molecule has 0 spiro atoms. The summed E-state index contributed by atoms with van der Waals surface area (Å²) in [6, 6.07) is 4.84. The molecule has 0 saturated heterocycles. The van der Waals surface area contributed by atoms with Crippen molar-refractivity contribution in [3.63, 3.8) is 0 Å². The minimum Gasteiger partial charge on any atom is -0.497 e. The van der Waals surface area contributed by atoms with Crippen molar-refractivity contribution in [2.24, 2.45) is 5.92 Å². The molecule has 1 aliphatic rings. The molecule has 1 aromatic carbocycles. The normalized spacial score (nSPS) is 15.1. The lowest BCUT2D eigenvalue weighted by Crippen LogP contribution is -2.24. The van der Waals surface area contributed by atoms with Gasteiger partial charge in [-0.15, -0.1) is 16.4 Å². The highest BCUT2D eigenvalue weighted by Crippen LogP contribution is 2.40. The first kappa shape index (κ1) is 26.6. The van der Waals surface area contributed by atoms with E-state index in [1.807, 2.05) is 0 Å². The molecule has 0 aliphatic heterocycles. The third-order valence-electron chi connectivity index (χ3n) is 5.87. The standard InChI is InChI=1S/C24H27N3O8S2/c1-5-34-23(29)20-15-8-6-13(2)10-18(15)36-22(20)25-19(28)12-37(30,31)24-27-26-21(35-24)16-11-14(32-3)7-9-17(16)33-4/h7,9,11,13H,5-6,8,10,12H2,1-4H3,(H,25,28). The predicted octanol–water partition coefficient (Wildman–Crippen LogP) is 3.53. The van der Waals surface area contributed by atoms with Crippen LogP contribution in [0.3, 0.4) is 0 Å². The van der Waals surface area contributed by atoms with Crippen molar-refractivity contribution >= 4 is 38.1 Å². The number of nitrogens with one attached hydrogen (secondary N) is 1. The summed E-state index contributed by atoms with van der Waals surface area (Å²) in [6.45, 7) is 4.00. The van der Waals surface area contributed by atoms with Gasteiger partial charge >= 0.3 is 11.2 Å². The molecule has 198 valence electrons. The van der Waals surface area contributed by atoms with Crippen molar-refractivity contribution in [3.8, 4) is 23.0 Å². The highest BCUT2D eigenvalue weighted by atomic mass is 32.2. The number of carbonyl (C=O) groups excluding carboxylic acids is 2. The first-order valence-electron chi connectivity index (χ1n) is 11.6. The number of carbonyl (C=O) groups is 2. The van der Waals surface area contributed by atoms with E-state index in [0.29, 0.717) is 35.0 Å². The molecule has 2 heterocycles. The number of anilines is 1. The summed E-state index contributed by atoms with van der Waals surface area (Å²) in [4.78, 5) is 26.5. The fraction of sp³-hybridized carbons (Fsp3) is 0.417. The zero-order chi connectivity index (χ0) is 26.7. The zero-order valence-electron chi connectivity index (χ0n) is 20.8. The second kappa shape index (κ2) is 10.9. The molecule has 0 radical (unpaired) electrons. The maximum absolute atomic E-state index is 12.9. The van der Waals surface area contributed by atoms with Crippen LogP contribution in [0, 0.1) is 5.92 Å². The van der Waals surface area contributed by atoms with Gasteiger partial charge in [-0.25, -0.2) is 13.2 Å². The molecule has 1 amide bonds. The van der Waals surface area contributed by atoms with Crippen LogP contribution in [0.15, 0.2) is 27.8 Å². The second-order valence-corrected chi connectivity index (χ2v) is 11.5. The van der Waals surface area contributed by atoms with Crippen LogP contribution in [-0.2, 0) is 32.2 Å². The van der Waals surface area contributed by atoms with Crippen LogP contribution in [0.1, 0.15) is 41.1 Å². The van der Waals surface area contributed by atoms with Gasteiger partial charge in [-0.2, -0.15) is 0 Å². The zero-order valence-corrected chi connectivity index (χ0v) is 22.5. The molecule has 13 heteroatoms. The van der Waals surface area contributed by atoms with Crippen molar-refractivity contribution in [2.75, 3.05) is 31.9 Å². The van der Waals surface area contributed by atoms with Gasteiger partial charge < -0.3 is 23.9 Å². The summed E-state index contributed by atoms with van der Waals surface area (Å²) >= 11 is 1.27. The van der Waals surface area contributed by atoms with E-state index in [-0.39, 0.29) is 17.5 Å². The molecule has 1 aliphatic carbocycles. The van der Waals surface area contributed by atoms with Crippen LogP contribution in [0.5, 0.6) is 11.5 Å². The van der Waals surface area contributed by atoms with E-state index in [9.17, 15) is 18.0 Å². The highest BCUT2D eigenvalue weighted by molar-refractivity contribution is 7.91. The van der Waals surface area contributed by atoms with E-state index < -0.39 is 32.7 Å². The Hall–Kier alpha value is -3.45. The Balaban J connectivity index is 1.56. The largest absolute Gasteiger partial charge is 0.497 e. The van der Waals surface area contributed by atoms with Gasteiger partial charge in [0, 0.05) is 4.88 Å². The van der Waals surface area contributed by atoms with Gasteiger partial charge in [-0.05, 0) is 55.9 Å². The first-order chi connectivity index (χ1) is 17.7. The van der Waals surface area contributed by atoms with E-state index in [4.69, 9.17) is 18.6 Å². The summed E-state index contributed by atoms with van der Waals surface area (Å²) in [5, 5.41) is 9.61. The van der Waals surface area contributed by atoms with Crippen LogP contribution in [0.4, 0.5) is 5.00 Å². The molecule has 37 heavy (non-hydrogen) atoms. The van der Waals surface area contributed by atoms with E-state index in [1.54, 1.807) is 25.1 Å². The van der Waals surface area contributed by atoms with Crippen molar-refractivity contribution in [1.82, 2.24) is 10.2 Å². The smallest absolute Gasteiger partial charge is 0.341 e. The van der Waals surface area contributed by atoms with Crippen LogP contribution < -0.4 is 14.8 Å². The Morgan fingerprint density at radius 1 is 1.22 bits per heavy atom. The number of thiophene rings is 1. The second-order valence-electron chi connectivity index (χ2n) is 8.52. The summed E-state index contributed by atoms with van der Waals surface area (Å²) < 4.78 is 46.9. The Morgan fingerprint density at radius 2 is 2.00 bits per heavy atom. The third kappa shape index (κ3) is 5.62. The molecule has 1 N–H and O–H groups in total. The van der Waals surface area contributed by atoms with E-state index >= 15 is 0 Å². The molecule has 2 aromatic heterocycles. The summed E-state index contributed by atoms with van der Waals surface area (Å²) in [5.74, 6) is -1.15. The minimum atomic E-state index is -4.29. The Kier molecular flexibility index (Phi) is 7.83. The van der Waals surface area contributed by atoms with Gasteiger partial charge in [0.25, 0.3) is 5.89 Å². The lowest BCUT2D eigenvalue weighted by atomic mass is 9.88. The van der Waals surface area contributed by atoms with Gasteiger partial charge in [-0.3, -0.25) is 4.79 Å². The molecule has 0 saturated carbocycles. The number of aromatic nitrogens is 2. The Labute approximate surface area is 218 Å². The number of benzene rings is 1. The number of ether oxygens (including phenoxy) is 3. The van der Waals surface area contributed by atoms with Crippen molar-refractivity contribution in [1.29, 1.82) is 0 Å². The fourth-order valence-electron chi connectivity index (χ4n) is 4.08. The van der Waals surface area contributed by atoms with E-state index in [0.717, 1.165) is 23.3 Å². The quantitative estimate of drug-likeness (QED) is 0.393. The van der Waals surface area contributed by atoms with Crippen molar-refractivity contribution in [2.45, 2.75) is 38.3 Å². The SMILES string of the molecule is CCOC(=O)c1c(NC(=O)CS(=O)(=O)c2nnc(-c3cc(OC)ccc3OC)o2)sc2c1CCC(C)C2. The van der Waals surface area contributed by atoms with E-state index in [2.05, 4.69) is 22.4 Å². The number of hydrogen-bond donors (Lipinski definition) is 1. The van der Waals surface area contributed by atoms with Crippen LogP contribution in [-0.4, -0.2) is 57.1 Å². The van der Waals surface area contributed by atoms with Gasteiger partial charge in [0.15, 0.2) is 0 Å². The monoisotopic (exact) mass is 549 g/mol. The minimum absolute atomic E-state index is 0.112.